The van der Waals surface area contributed by atoms with Gasteiger partial charge in [0.05, 0.1) is 11.7 Å². The molecule has 0 saturated carbocycles. The van der Waals surface area contributed by atoms with Crippen LogP contribution in [0.25, 0.3) is 0 Å². The maximum absolute atomic E-state index is 12.4. The molecule has 0 aliphatic carbocycles. The lowest BCUT2D eigenvalue weighted by molar-refractivity contribution is 0.0484. The molecular weight excluding hydrogens is 282 g/mol. The number of nitrogens with zero attached hydrogens (tertiary/aromatic N) is 1. The summed E-state index contributed by atoms with van der Waals surface area (Å²) in [6.07, 6.45) is 2.00. The number of hydrogen-bond acceptors (Lipinski definition) is 3. The number of ether oxygens (including phenoxy) is 1. The summed E-state index contributed by atoms with van der Waals surface area (Å²) < 4.78 is 5.81. The van der Waals surface area contributed by atoms with Crippen molar-refractivity contribution in [2.45, 2.75) is 32.8 Å². The third-order valence-electron chi connectivity index (χ3n) is 3.86. The summed E-state index contributed by atoms with van der Waals surface area (Å²) in [5, 5.41) is 8.87. The van der Waals surface area contributed by atoms with Crippen LogP contribution in [0.1, 0.15) is 47.4 Å². The van der Waals surface area contributed by atoms with Crippen molar-refractivity contribution in [3.8, 4) is 0 Å². The Balaban J connectivity index is 1.87. The highest BCUT2D eigenvalue weighted by atomic mass is 16.5. The van der Waals surface area contributed by atoms with Crippen molar-refractivity contribution in [1.29, 1.82) is 0 Å². The number of likely N-dealkylation sites (tertiary alicyclic amines) is 1. The summed E-state index contributed by atoms with van der Waals surface area (Å²) in [5.41, 5.74) is 0.709. The van der Waals surface area contributed by atoms with E-state index in [4.69, 9.17) is 9.84 Å². The lowest BCUT2D eigenvalue weighted by atomic mass is 10.1. The molecule has 5 heteroatoms. The van der Waals surface area contributed by atoms with Crippen LogP contribution in [0.15, 0.2) is 24.3 Å². The van der Waals surface area contributed by atoms with Crippen molar-refractivity contribution in [3.05, 3.63) is 35.4 Å². The molecule has 5 nitrogen and oxygen atoms in total. The van der Waals surface area contributed by atoms with E-state index in [0.717, 1.165) is 19.4 Å². The van der Waals surface area contributed by atoms with Crippen molar-refractivity contribution in [2.75, 3.05) is 19.7 Å². The van der Waals surface area contributed by atoms with Crippen molar-refractivity contribution < 1.29 is 19.4 Å². The van der Waals surface area contributed by atoms with Gasteiger partial charge in [-0.05, 0) is 43.0 Å². The van der Waals surface area contributed by atoms with E-state index in [1.165, 1.54) is 12.1 Å². The Morgan fingerprint density at radius 3 is 2.50 bits per heavy atom. The number of aromatic carboxylic acids is 1. The fourth-order valence-electron chi connectivity index (χ4n) is 2.46. The second-order valence-corrected chi connectivity index (χ2v) is 6.10. The van der Waals surface area contributed by atoms with Crippen molar-refractivity contribution in [1.82, 2.24) is 4.90 Å². The summed E-state index contributed by atoms with van der Waals surface area (Å²) in [6, 6.07) is 6.06. The number of carboxylic acids is 1. The van der Waals surface area contributed by atoms with E-state index in [1.807, 2.05) is 0 Å². The Labute approximate surface area is 130 Å². The average molecular weight is 305 g/mol. The highest BCUT2D eigenvalue weighted by Crippen LogP contribution is 2.17. The summed E-state index contributed by atoms with van der Waals surface area (Å²) in [5.74, 6) is -0.433. The standard InChI is InChI=1S/C17H23NO4/c1-12(2)8-10-22-15-7-9-18(11-15)16(19)13-3-5-14(6-4-13)17(20)21/h3-6,12,15H,7-11H2,1-2H3,(H,20,21)/t15-/m0/s1. The van der Waals surface area contributed by atoms with Crippen LogP contribution < -0.4 is 0 Å². The van der Waals surface area contributed by atoms with E-state index >= 15 is 0 Å². The number of hydrogen-bond donors (Lipinski definition) is 1. The Bertz CT molecular complexity index is 524. The van der Waals surface area contributed by atoms with E-state index < -0.39 is 5.97 Å². The first-order valence-electron chi connectivity index (χ1n) is 7.71. The molecule has 1 saturated heterocycles. The molecule has 120 valence electrons. The lowest BCUT2D eigenvalue weighted by Crippen LogP contribution is -2.30. The zero-order valence-corrected chi connectivity index (χ0v) is 13.1. The van der Waals surface area contributed by atoms with Gasteiger partial charge in [-0.2, -0.15) is 0 Å². The maximum Gasteiger partial charge on any atom is 0.335 e. The predicted octanol–water partition coefficient (Wildman–Crippen LogP) is 2.66. The first-order valence-corrected chi connectivity index (χ1v) is 7.71. The molecule has 1 heterocycles. The summed E-state index contributed by atoms with van der Waals surface area (Å²) in [7, 11) is 0. The van der Waals surface area contributed by atoms with Crippen molar-refractivity contribution >= 4 is 11.9 Å². The molecule has 0 bridgehead atoms. The molecule has 1 aliphatic heterocycles. The van der Waals surface area contributed by atoms with Crippen LogP contribution in [-0.4, -0.2) is 47.7 Å². The van der Waals surface area contributed by atoms with Crippen LogP contribution in [0.5, 0.6) is 0 Å². The number of benzene rings is 1. The SMILES string of the molecule is CC(C)CCO[C@H]1CCN(C(=O)c2ccc(C(=O)O)cc2)C1. The minimum absolute atomic E-state index is 0.0631. The Hall–Kier alpha value is -1.88. The van der Waals surface area contributed by atoms with Gasteiger partial charge in [0.25, 0.3) is 5.91 Å². The molecule has 1 atom stereocenters. The van der Waals surface area contributed by atoms with Gasteiger partial charge < -0.3 is 14.7 Å². The fourth-order valence-corrected chi connectivity index (χ4v) is 2.46. The molecule has 22 heavy (non-hydrogen) atoms. The maximum atomic E-state index is 12.4. The van der Waals surface area contributed by atoms with Crippen molar-refractivity contribution in [3.63, 3.8) is 0 Å². The second kappa shape index (κ2) is 7.40. The predicted molar refractivity (Wildman–Crippen MR) is 83.1 cm³/mol. The van der Waals surface area contributed by atoms with Crippen LogP contribution in [0.2, 0.25) is 0 Å². The highest BCUT2D eigenvalue weighted by molar-refractivity contribution is 5.96. The Morgan fingerprint density at radius 1 is 1.27 bits per heavy atom. The van der Waals surface area contributed by atoms with Gasteiger partial charge in [-0.3, -0.25) is 4.79 Å². The van der Waals surface area contributed by atoms with Gasteiger partial charge in [-0.1, -0.05) is 13.8 Å². The van der Waals surface area contributed by atoms with E-state index in [9.17, 15) is 9.59 Å². The third kappa shape index (κ3) is 4.31. The first kappa shape index (κ1) is 16.5. The molecule has 1 aromatic rings. The lowest BCUT2D eigenvalue weighted by Gasteiger charge is -2.17. The van der Waals surface area contributed by atoms with Crippen molar-refractivity contribution in [2.24, 2.45) is 5.92 Å². The topological polar surface area (TPSA) is 66.8 Å². The number of rotatable bonds is 6. The van der Waals surface area contributed by atoms with Gasteiger partial charge in [-0.15, -0.1) is 0 Å². The molecule has 1 aliphatic rings. The molecule has 1 N–H and O–H groups in total. The molecule has 0 unspecified atom stereocenters. The van der Waals surface area contributed by atoms with Gasteiger partial charge in [0, 0.05) is 25.3 Å². The molecule has 2 rings (SSSR count). The van der Waals surface area contributed by atoms with E-state index in [1.54, 1.807) is 17.0 Å². The highest BCUT2D eigenvalue weighted by Gasteiger charge is 2.27. The normalized spacial score (nSPS) is 18.0. The largest absolute Gasteiger partial charge is 0.478 e. The summed E-state index contributed by atoms with van der Waals surface area (Å²) in [4.78, 5) is 25.0. The van der Waals surface area contributed by atoms with Crippen LogP contribution >= 0.6 is 0 Å². The summed E-state index contributed by atoms with van der Waals surface area (Å²) in [6.45, 7) is 6.35. The molecule has 1 aromatic carbocycles. The molecule has 0 spiro atoms. The smallest absolute Gasteiger partial charge is 0.335 e. The molecular formula is C17H23NO4. The van der Waals surface area contributed by atoms with E-state index in [0.29, 0.717) is 24.6 Å². The molecule has 1 fully saturated rings. The Morgan fingerprint density at radius 2 is 1.91 bits per heavy atom. The third-order valence-corrected chi connectivity index (χ3v) is 3.86. The zero-order chi connectivity index (χ0) is 16.1. The number of carbonyl (C=O) groups excluding carboxylic acids is 1. The Kier molecular flexibility index (Phi) is 5.55. The van der Waals surface area contributed by atoms with E-state index in [2.05, 4.69) is 13.8 Å². The number of amides is 1. The number of carbonyl (C=O) groups is 2. The van der Waals surface area contributed by atoms with Gasteiger partial charge in [0.2, 0.25) is 0 Å². The van der Waals surface area contributed by atoms with Gasteiger partial charge in [-0.25, -0.2) is 4.79 Å². The van der Waals surface area contributed by atoms with E-state index in [-0.39, 0.29) is 17.6 Å². The minimum atomic E-state index is -0.987. The van der Waals surface area contributed by atoms with Gasteiger partial charge in [0.15, 0.2) is 0 Å². The van der Waals surface area contributed by atoms with Crippen LogP contribution in [-0.2, 0) is 4.74 Å². The quantitative estimate of drug-likeness (QED) is 0.877. The zero-order valence-electron chi connectivity index (χ0n) is 13.1. The van der Waals surface area contributed by atoms with Gasteiger partial charge >= 0.3 is 5.97 Å². The van der Waals surface area contributed by atoms with Crippen LogP contribution in [0.4, 0.5) is 0 Å². The average Bonchev–Trinajstić information content (AvgIpc) is 2.95. The number of carboxylic acid groups (broad SMARTS) is 1. The first-order chi connectivity index (χ1) is 10.5. The van der Waals surface area contributed by atoms with Gasteiger partial charge in [0.1, 0.15) is 0 Å². The minimum Gasteiger partial charge on any atom is -0.478 e. The second-order valence-electron chi connectivity index (χ2n) is 6.10. The summed E-state index contributed by atoms with van der Waals surface area (Å²) >= 11 is 0. The molecule has 0 radical (unpaired) electrons. The monoisotopic (exact) mass is 305 g/mol. The fraction of sp³-hybridized carbons (Fsp3) is 0.529. The molecule has 0 aromatic heterocycles. The van der Waals surface area contributed by atoms with Crippen LogP contribution in [0.3, 0.4) is 0 Å². The molecule has 1 amide bonds. The van der Waals surface area contributed by atoms with Crippen LogP contribution in [0, 0.1) is 5.92 Å².